The van der Waals surface area contributed by atoms with E-state index in [1.807, 2.05) is 11.0 Å². The predicted octanol–water partition coefficient (Wildman–Crippen LogP) is 2.58. The zero-order valence-electron chi connectivity index (χ0n) is 11.1. The van der Waals surface area contributed by atoms with Gasteiger partial charge in [0.05, 0.1) is 5.69 Å². The molecule has 0 saturated carbocycles. The monoisotopic (exact) mass is 273 g/mol. The third-order valence-electron chi connectivity index (χ3n) is 3.12. The van der Waals surface area contributed by atoms with Crippen molar-refractivity contribution in [3.05, 3.63) is 30.1 Å². The van der Waals surface area contributed by atoms with Crippen molar-refractivity contribution in [1.82, 2.24) is 4.90 Å². The van der Waals surface area contributed by atoms with Crippen molar-refractivity contribution >= 4 is 17.2 Å². The molecule has 0 aliphatic carbocycles. The Morgan fingerprint density at radius 3 is 2.75 bits per heavy atom. The summed E-state index contributed by atoms with van der Waals surface area (Å²) in [4.78, 5) is 1.85. The standard InChI is InChI=1S/C14H16FN5/c15-11-5-4-6-12(9-11)18-19-13(10-16)14(17)20-7-2-1-3-8-20/h4-6,9,17-18H,1-3,7-8H2. The smallest absolute Gasteiger partial charge is 0.202 e. The molecular formula is C14H16FN5. The van der Waals surface area contributed by atoms with E-state index in [4.69, 9.17) is 10.7 Å². The average Bonchev–Trinajstić information content (AvgIpc) is 2.48. The van der Waals surface area contributed by atoms with Crippen LogP contribution in [0.4, 0.5) is 10.1 Å². The molecule has 0 radical (unpaired) electrons. The zero-order valence-corrected chi connectivity index (χ0v) is 11.1. The minimum absolute atomic E-state index is 0.0103. The highest BCUT2D eigenvalue weighted by Gasteiger charge is 2.18. The zero-order chi connectivity index (χ0) is 14.4. The van der Waals surface area contributed by atoms with E-state index >= 15 is 0 Å². The van der Waals surface area contributed by atoms with Gasteiger partial charge in [0, 0.05) is 13.1 Å². The molecule has 20 heavy (non-hydrogen) atoms. The van der Waals surface area contributed by atoms with Crippen molar-refractivity contribution in [1.29, 1.82) is 10.7 Å². The molecule has 0 amide bonds. The largest absolute Gasteiger partial charge is 0.355 e. The molecule has 2 rings (SSSR count). The van der Waals surface area contributed by atoms with Gasteiger partial charge in [-0.3, -0.25) is 10.8 Å². The number of halogens is 1. The number of hydrazone groups is 1. The van der Waals surface area contributed by atoms with E-state index in [1.54, 1.807) is 12.1 Å². The third-order valence-corrected chi connectivity index (χ3v) is 3.12. The van der Waals surface area contributed by atoms with Crippen molar-refractivity contribution < 1.29 is 4.39 Å². The molecule has 0 spiro atoms. The van der Waals surface area contributed by atoms with E-state index in [2.05, 4.69) is 10.5 Å². The lowest BCUT2D eigenvalue weighted by atomic mass is 10.1. The average molecular weight is 273 g/mol. The van der Waals surface area contributed by atoms with Crippen molar-refractivity contribution in [2.75, 3.05) is 18.5 Å². The highest BCUT2D eigenvalue weighted by Crippen LogP contribution is 2.11. The Hall–Kier alpha value is -2.42. The highest BCUT2D eigenvalue weighted by molar-refractivity contribution is 6.46. The number of rotatable bonds is 3. The molecule has 1 aliphatic heterocycles. The molecule has 0 unspecified atom stereocenters. The Balaban J connectivity index is 2.05. The Bertz CT molecular complexity index is 555. The first-order valence-electron chi connectivity index (χ1n) is 6.54. The molecule has 1 aromatic carbocycles. The lowest BCUT2D eigenvalue weighted by molar-refractivity contribution is 0.344. The van der Waals surface area contributed by atoms with Gasteiger partial charge in [0.1, 0.15) is 11.9 Å². The number of likely N-dealkylation sites (tertiary alicyclic amines) is 1. The van der Waals surface area contributed by atoms with E-state index in [-0.39, 0.29) is 17.4 Å². The van der Waals surface area contributed by atoms with Crippen LogP contribution in [-0.2, 0) is 0 Å². The maximum absolute atomic E-state index is 13.0. The Morgan fingerprint density at radius 1 is 1.35 bits per heavy atom. The van der Waals surface area contributed by atoms with E-state index in [0.717, 1.165) is 32.4 Å². The number of nitrogens with zero attached hydrogens (tertiary/aromatic N) is 3. The SMILES string of the molecule is N#CC(=NNc1cccc(F)c1)C(=N)N1CCCCC1. The number of amidine groups is 1. The molecule has 1 aromatic rings. The predicted molar refractivity (Wildman–Crippen MR) is 76.2 cm³/mol. The van der Waals surface area contributed by atoms with Crippen LogP contribution in [0, 0.1) is 22.6 Å². The van der Waals surface area contributed by atoms with Gasteiger partial charge in [0.25, 0.3) is 0 Å². The van der Waals surface area contributed by atoms with Crippen LogP contribution in [0.25, 0.3) is 0 Å². The lowest BCUT2D eigenvalue weighted by Crippen LogP contribution is -2.39. The fourth-order valence-electron chi connectivity index (χ4n) is 2.08. The van der Waals surface area contributed by atoms with Gasteiger partial charge in [0.15, 0.2) is 5.84 Å². The lowest BCUT2D eigenvalue weighted by Gasteiger charge is -2.27. The molecule has 5 nitrogen and oxygen atoms in total. The van der Waals surface area contributed by atoms with Crippen LogP contribution in [0.15, 0.2) is 29.4 Å². The molecule has 104 valence electrons. The van der Waals surface area contributed by atoms with E-state index in [1.165, 1.54) is 12.1 Å². The van der Waals surface area contributed by atoms with Crippen LogP contribution in [-0.4, -0.2) is 29.5 Å². The molecule has 0 bridgehead atoms. The summed E-state index contributed by atoms with van der Waals surface area (Å²) in [6.07, 6.45) is 3.21. The Kier molecular flexibility index (Phi) is 4.66. The van der Waals surface area contributed by atoms with Crippen LogP contribution >= 0.6 is 0 Å². The summed E-state index contributed by atoms with van der Waals surface area (Å²) in [5.41, 5.74) is 3.07. The number of anilines is 1. The third kappa shape index (κ3) is 3.54. The molecule has 1 heterocycles. The van der Waals surface area contributed by atoms with Gasteiger partial charge < -0.3 is 4.90 Å². The first-order valence-corrected chi connectivity index (χ1v) is 6.54. The maximum Gasteiger partial charge on any atom is 0.202 e. The van der Waals surface area contributed by atoms with Crippen LogP contribution < -0.4 is 5.43 Å². The first kappa shape index (κ1) is 14.0. The van der Waals surface area contributed by atoms with Gasteiger partial charge in [-0.1, -0.05) is 6.07 Å². The molecule has 1 saturated heterocycles. The summed E-state index contributed by atoms with van der Waals surface area (Å²) in [5.74, 6) is -0.258. The summed E-state index contributed by atoms with van der Waals surface area (Å²) in [7, 11) is 0. The molecule has 2 N–H and O–H groups in total. The summed E-state index contributed by atoms with van der Waals surface area (Å²) < 4.78 is 13.0. The first-order chi connectivity index (χ1) is 9.70. The van der Waals surface area contributed by atoms with Gasteiger partial charge in [-0.2, -0.15) is 10.4 Å². The van der Waals surface area contributed by atoms with Gasteiger partial charge in [-0.25, -0.2) is 4.39 Å². The highest BCUT2D eigenvalue weighted by atomic mass is 19.1. The summed E-state index contributed by atoms with van der Waals surface area (Å²) in [6.45, 7) is 1.55. The molecule has 1 fully saturated rings. The fraction of sp³-hybridized carbons (Fsp3) is 0.357. The summed E-state index contributed by atoms with van der Waals surface area (Å²) >= 11 is 0. The Labute approximate surface area is 117 Å². The number of piperidine rings is 1. The molecular weight excluding hydrogens is 257 g/mol. The van der Waals surface area contributed by atoms with Crippen LogP contribution in [0.5, 0.6) is 0 Å². The number of hydrogen-bond donors (Lipinski definition) is 2. The van der Waals surface area contributed by atoms with Crippen LogP contribution in [0.1, 0.15) is 19.3 Å². The number of nitriles is 1. The van der Waals surface area contributed by atoms with E-state index in [9.17, 15) is 4.39 Å². The van der Waals surface area contributed by atoms with E-state index in [0.29, 0.717) is 5.69 Å². The molecule has 0 atom stereocenters. The second kappa shape index (κ2) is 6.66. The Morgan fingerprint density at radius 2 is 2.10 bits per heavy atom. The normalized spacial score (nSPS) is 15.6. The van der Waals surface area contributed by atoms with Gasteiger partial charge in [-0.05, 0) is 37.5 Å². The van der Waals surface area contributed by atoms with Gasteiger partial charge in [-0.15, -0.1) is 0 Å². The second-order valence-electron chi connectivity index (χ2n) is 4.59. The maximum atomic E-state index is 13.0. The molecule has 1 aliphatic rings. The molecule has 6 heteroatoms. The van der Waals surface area contributed by atoms with Crippen molar-refractivity contribution in [2.45, 2.75) is 19.3 Å². The minimum atomic E-state index is -0.380. The number of hydrogen-bond acceptors (Lipinski definition) is 4. The van der Waals surface area contributed by atoms with Gasteiger partial charge in [0.2, 0.25) is 5.71 Å². The van der Waals surface area contributed by atoms with Crippen molar-refractivity contribution in [2.24, 2.45) is 5.10 Å². The summed E-state index contributed by atoms with van der Waals surface area (Å²) in [5, 5.41) is 21.0. The van der Waals surface area contributed by atoms with Crippen LogP contribution in [0.2, 0.25) is 0 Å². The number of nitrogens with one attached hydrogen (secondary N) is 2. The topological polar surface area (TPSA) is 75.3 Å². The number of benzene rings is 1. The minimum Gasteiger partial charge on any atom is -0.355 e. The van der Waals surface area contributed by atoms with E-state index < -0.39 is 0 Å². The summed E-state index contributed by atoms with van der Waals surface area (Å²) in [6, 6.07) is 7.72. The van der Waals surface area contributed by atoms with Crippen LogP contribution in [0.3, 0.4) is 0 Å². The fourth-order valence-corrected chi connectivity index (χ4v) is 2.08. The van der Waals surface area contributed by atoms with Crippen molar-refractivity contribution in [3.8, 4) is 6.07 Å². The molecule has 0 aromatic heterocycles. The van der Waals surface area contributed by atoms with Crippen molar-refractivity contribution in [3.63, 3.8) is 0 Å². The second-order valence-corrected chi connectivity index (χ2v) is 4.59. The quantitative estimate of drug-likeness (QED) is 0.505. The van der Waals surface area contributed by atoms with Gasteiger partial charge >= 0.3 is 0 Å².